The maximum absolute atomic E-state index is 12.9. The highest BCUT2D eigenvalue weighted by Crippen LogP contribution is 2.31. The van der Waals surface area contributed by atoms with E-state index in [1.54, 1.807) is 28.5 Å². The molecule has 1 atom stereocenters. The van der Waals surface area contributed by atoms with Crippen LogP contribution < -0.4 is 22.2 Å². The first kappa shape index (κ1) is 25.7. The predicted octanol–water partition coefficient (Wildman–Crippen LogP) is 1.95. The lowest BCUT2D eigenvalue weighted by Crippen LogP contribution is -2.46. The summed E-state index contributed by atoms with van der Waals surface area (Å²) in [5.74, 6) is -2.43. The lowest BCUT2D eigenvalue weighted by molar-refractivity contribution is -0.144. The summed E-state index contributed by atoms with van der Waals surface area (Å²) in [6.07, 6.45) is -0.236. The topological polar surface area (TPSA) is 162 Å². The molecule has 0 unspecified atom stereocenters. The van der Waals surface area contributed by atoms with Crippen molar-refractivity contribution in [1.82, 2.24) is 20.5 Å². The predicted molar refractivity (Wildman–Crippen MR) is 128 cm³/mol. The average Bonchev–Trinajstić information content (AvgIpc) is 3.23. The maximum Gasteiger partial charge on any atom is 0.416 e. The van der Waals surface area contributed by atoms with Crippen LogP contribution in [0.3, 0.4) is 0 Å². The molecule has 1 aromatic heterocycles. The Morgan fingerprint density at radius 1 is 1.19 bits per heavy atom. The van der Waals surface area contributed by atoms with Crippen LogP contribution in [0.15, 0.2) is 65.7 Å². The fraction of sp³-hybridized carbons (Fsp3) is 0.217. The second-order valence-electron chi connectivity index (χ2n) is 8.15. The Balaban J connectivity index is 1.54. The Labute approximate surface area is 208 Å². The van der Waals surface area contributed by atoms with Gasteiger partial charge in [-0.05, 0) is 37.2 Å². The van der Waals surface area contributed by atoms with Crippen molar-refractivity contribution >= 4 is 29.2 Å². The van der Waals surface area contributed by atoms with Gasteiger partial charge in [0.05, 0.1) is 23.7 Å². The quantitative estimate of drug-likeness (QED) is 0.353. The van der Waals surface area contributed by atoms with E-state index in [9.17, 15) is 27.9 Å². The number of amides is 1. The summed E-state index contributed by atoms with van der Waals surface area (Å²) in [6, 6.07) is 7.77. The number of alkyl halides is 3. The van der Waals surface area contributed by atoms with Crippen LogP contribution in [0, 0.1) is 5.92 Å². The molecule has 2 aromatic rings. The number of nitrogens with two attached hydrogens (primary N) is 2. The molecule has 0 aliphatic carbocycles. The third-order valence-electron chi connectivity index (χ3n) is 5.65. The Bertz CT molecular complexity index is 1290. The van der Waals surface area contributed by atoms with Gasteiger partial charge < -0.3 is 21.9 Å². The average molecular weight is 516 g/mol. The number of amidine groups is 1. The van der Waals surface area contributed by atoms with Crippen LogP contribution in [-0.2, 0) is 11.0 Å². The molecule has 0 saturated carbocycles. The van der Waals surface area contributed by atoms with E-state index in [0.717, 1.165) is 18.3 Å². The van der Waals surface area contributed by atoms with Gasteiger partial charge in [-0.25, -0.2) is 9.98 Å². The zero-order valence-electron chi connectivity index (χ0n) is 19.2. The van der Waals surface area contributed by atoms with Crippen LogP contribution in [-0.4, -0.2) is 51.0 Å². The molecule has 4 rings (SSSR count). The summed E-state index contributed by atoms with van der Waals surface area (Å²) in [5.41, 5.74) is 15.7. The van der Waals surface area contributed by atoms with E-state index >= 15 is 0 Å². The lowest BCUT2D eigenvalue weighted by Gasteiger charge is -2.30. The fourth-order valence-electron chi connectivity index (χ4n) is 3.80. The largest absolute Gasteiger partial charge is 0.481 e. The highest BCUT2D eigenvalue weighted by Gasteiger charge is 2.35. The molecule has 3 heterocycles. The molecule has 7 N–H and O–H groups in total. The van der Waals surface area contributed by atoms with Crippen molar-refractivity contribution in [3.8, 4) is 0 Å². The normalized spacial score (nSPS) is 16.2. The van der Waals surface area contributed by atoms with Gasteiger partial charge in [0.2, 0.25) is 0 Å². The number of aliphatic imine (C=N–C) groups is 1. The molecule has 0 spiro atoms. The van der Waals surface area contributed by atoms with Crippen molar-refractivity contribution in [3.63, 3.8) is 0 Å². The van der Waals surface area contributed by atoms with E-state index in [2.05, 4.69) is 20.7 Å². The number of carbonyl (C=O) groups excluding carboxylic acids is 1. The first-order chi connectivity index (χ1) is 17.6. The van der Waals surface area contributed by atoms with Crippen LogP contribution >= 0.6 is 0 Å². The van der Waals surface area contributed by atoms with Crippen LogP contribution in [0.25, 0.3) is 5.70 Å². The number of fused-ring (bicyclic) bond motifs is 1. The number of aromatic nitrogens is 1. The first-order valence-electron chi connectivity index (χ1n) is 11.0. The number of anilines is 1. The van der Waals surface area contributed by atoms with Gasteiger partial charge in [0.1, 0.15) is 11.5 Å². The van der Waals surface area contributed by atoms with Crippen LogP contribution in [0.5, 0.6) is 0 Å². The maximum atomic E-state index is 12.9. The van der Waals surface area contributed by atoms with Gasteiger partial charge in [-0.3, -0.25) is 20.0 Å². The SMILES string of the molecule is NCC[C@@H](CN1NC(c2ccc(C(=O)Nc3cc(C(F)(F)F)ccn3)cc2)=C2C(N)=NC=CN21)C(=O)O. The summed E-state index contributed by atoms with van der Waals surface area (Å²) < 4.78 is 38.8. The van der Waals surface area contributed by atoms with Gasteiger partial charge in [0, 0.05) is 29.7 Å². The van der Waals surface area contributed by atoms with E-state index in [1.807, 2.05) is 0 Å². The molecule has 0 saturated heterocycles. The van der Waals surface area contributed by atoms with Crippen molar-refractivity contribution in [2.45, 2.75) is 12.6 Å². The number of rotatable bonds is 8. The number of hydrazine groups is 2. The van der Waals surface area contributed by atoms with Crippen LogP contribution in [0.1, 0.15) is 27.9 Å². The standard InChI is InChI=1S/C23H23F3N8O3/c24-23(25,26)16-6-8-29-17(11-16)31-21(35)14-3-1-13(2-4-14)18-19-20(28)30-9-10-33(19)34(32-18)12-15(5-7-27)22(36)37/h1-4,6,8-11,15,32H,5,7,12,27H2,(H2,28,30)(H,36,37)(H,29,31,35)/t15-/m0/s1. The number of benzene rings is 1. The molecule has 1 aromatic carbocycles. The number of pyridine rings is 1. The molecule has 2 aliphatic heterocycles. The van der Waals surface area contributed by atoms with E-state index in [1.165, 1.54) is 18.3 Å². The Hall–Kier alpha value is -4.43. The number of hydrogen-bond acceptors (Lipinski definition) is 9. The summed E-state index contributed by atoms with van der Waals surface area (Å²) >= 11 is 0. The van der Waals surface area contributed by atoms with E-state index in [4.69, 9.17) is 11.5 Å². The molecule has 194 valence electrons. The van der Waals surface area contributed by atoms with E-state index in [-0.39, 0.29) is 36.7 Å². The number of carboxylic acid groups (broad SMARTS) is 1. The van der Waals surface area contributed by atoms with Gasteiger partial charge in [-0.15, -0.1) is 5.12 Å². The smallest absolute Gasteiger partial charge is 0.416 e. The molecule has 2 aliphatic rings. The molecule has 0 radical (unpaired) electrons. The molecule has 0 bridgehead atoms. The highest BCUT2D eigenvalue weighted by atomic mass is 19.4. The molecular weight excluding hydrogens is 493 g/mol. The van der Waals surface area contributed by atoms with Crippen LogP contribution in [0.2, 0.25) is 0 Å². The zero-order valence-corrected chi connectivity index (χ0v) is 19.2. The number of hydrogen-bond donors (Lipinski definition) is 5. The minimum absolute atomic E-state index is 0.0850. The van der Waals surface area contributed by atoms with Crippen molar-refractivity contribution in [2.24, 2.45) is 22.4 Å². The minimum Gasteiger partial charge on any atom is -0.481 e. The second-order valence-corrected chi connectivity index (χ2v) is 8.15. The third-order valence-corrected chi connectivity index (χ3v) is 5.65. The fourth-order valence-corrected chi connectivity index (χ4v) is 3.80. The molecule has 1 amide bonds. The summed E-state index contributed by atoms with van der Waals surface area (Å²) in [4.78, 5) is 32.1. The first-order valence-corrected chi connectivity index (χ1v) is 11.0. The Morgan fingerprint density at radius 2 is 1.92 bits per heavy atom. The molecule has 14 heteroatoms. The second kappa shape index (κ2) is 10.3. The number of carboxylic acids is 1. The molecular formula is C23H23F3N8O3. The minimum atomic E-state index is -4.57. The number of nitrogens with zero attached hydrogens (tertiary/aromatic N) is 4. The molecule has 11 nitrogen and oxygen atoms in total. The zero-order chi connectivity index (χ0) is 26.7. The summed E-state index contributed by atoms with van der Waals surface area (Å²) in [6.45, 7) is 0.290. The number of nitrogens with one attached hydrogen (secondary N) is 2. The van der Waals surface area contributed by atoms with Gasteiger partial charge in [-0.2, -0.15) is 13.2 Å². The number of carbonyl (C=O) groups is 2. The van der Waals surface area contributed by atoms with Crippen molar-refractivity contribution < 1.29 is 27.9 Å². The Morgan fingerprint density at radius 3 is 2.57 bits per heavy atom. The van der Waals surface area contributed by atoms with E-state index < -0.39 is 29.5 Å². The Kier molecular flexibility index (Phi) is 7.13. The summed E-state index contributed by atoms with van der Waals surface area (Å²) in [7, 11) is 0. The molecule has 0 fully saturated rings. The van der Waals surface area contributed by atoms with Gasteiger partial charge in [0.25, 0.3) is 5.91 Å². The van der Waals surface area contributed by atoms with Crippen LogP contribution in [0.4, 0.5) is 19.0 Å². The van der Waals surface area contributed by atoms with Crippen molar-refractivity contribution in [2.75, 3.05) is 18.4 Å². The van der Waals surface area contributed by atoms with Gasteiger partial charge >= 0.3 is 12.1 Å². The highest BCUT2D eigenvalue weighted by molar-refractivity contribution is 6.06. The van der Waals surface area contributed by atoms with Gasteiger partial charge in [-0.1, -0.05) is 12.1 Å². The van der Waals surface area contributed by atoms with Crippen molar-refractivity contribution in [1.29, 1.82) is 0 Å². The monoisotopic (exact) mass is 516 g/mol. The van der Waals surface area contributed by atoms with E-state index in [0.29, 0.717) is 17.0 Å². The number of aliphatic carboxylic acids is 1. The third kappa shape index (κ3) is 5.54. The van der Waals surface area contributed by atoms with Gasteiger partial charge in [0.15, 0.2) is 5.84 Å². The lowest BCUT2D eigenvalue weighted by atomic mass is 10.1. The molecule has 37 heavy (non-hydrogen) atoms. The summed E-state index contributed by atoms with van der Waals surface area (Å²) in [5, 5.41) is 15.1. The number of halogens is 3. The van der Waals surface area contributed by atoms with Crippen molar-refractivity contribution in [3.05, 3.63) is 77.4 Å².